The Morgan fingerprint density at radius 3 is 1.30 bits per heavy atom. The number of epoxide rings is 2. The first-order chi connectivity index (χ1) is 26.9. The highest BCUT2D eigenvalue weighted by Crippen LogP contribution is 2.57. The zero-order chi connectivity index (χ0) is 40.6. The molecule has 0 N–H and O–H groups in total. The zero-order valence-corrected chi connectivity index (χ0v) is 40.3. The lowest BCUT2D eigenvalue weighted by molar-refractivity contribution is 0.261. The predicted octanol–water partition coefficient (Wildman–Crippen LogP) is 11.6. The molecule has 4 aromatic carbocycles. The molecule has 0 bridgehead atoms. The number of hydrogen-bond donors (Lipinski definition) is 0. The summed E-state index contributed by atoms with van der Waals surface area (Å²) >= 11 is 0. The van der Waals surface area contributed by atoms with Crippen molar-refractivity contribution < 1.29 is 27.2 Å². The van der Waals surface area contributed by atoms with E-state index in [4.69, 9.17) is 27.2 Å². The molecule has 6 nitrogen and oxygen atoms in total. The highest BCUT2D eigenvalue weighted by molar-refractivity contribution is 6.84. The van der Waals surface area contributed by atoms with Gasteiger partial charge in [-0.3, -0.25) is 0 Å². The monoisotopic (exact) mass is 838 g/mol. The Balaban J connectivity index is 1.32. The van der Waals surface area contributed by atoms with Crippen molar-refractivity contribution in [3.8, 4) is 22.6 Å². The molecule has 2 heterocycles. The smallest absolute Gasteiger partial charge is 0.173 e. The summed E-state index contributed by atoms with van der Waals surface area (Å²) in [7, 11) is -6.90. The van der Waals surface area contributed by atoms with Crippen LogP contribution in [0.5, 0.6) is 11.5 Å². The molecule has 10 heteroatoms. The summed E-state index contributed by atoms with van der Waals surface area (Å²) in [6.45, 7) is 26.1. The molecule has 0 saturated carbocycles. The van der Waals surface area contributed by atoms with Gasteiger partial charge in [0.15, 0.2) is 33.3 Å². The molecule has 3 aliphatic rings. The van der Waals surface area contributed by atoms with Gasteiger partial charge in [-0.05, 0) is 160 Å². The fourth-order valence-electron chi connectivity index (χ4n) is 9.18. The van der Waals surface area contributed by atoms with Crippen molar-refractivity contribution in [2.75, 3.05) is 26.4 Å². The van der Waals surface area contributed by atoms with Crippen LogP contribution in [0.4, 0.5) is 0 Å². The van der Waals surface area contributed by atoms with Crippen LogP contribution < -0.4 is 9.47 Å². The van der Waals surface area contributed by atoms with E-state index in [0.717, 1.165) is 62.5 Å². The summed E-state index contributed by atoms with van der Waals surface area (Å²) in [6, 6.07) is 34.4. The molecule has 2 saturated heterocycles. The van der Waals surface area contributed by atoms with E-state index in [1.165, 1.54) is 44.5 Å². The third-order valence-electron chi connectivity index (χ3n) is 11.2. The van der Waals surface area contributed by atoms with E-state index in [9.17, 15) is 0 Å². The van der Waals surface area contributed by atoms with Gasteiger partial charge in [-0.15, -0.1) is 0 Å². The number of ether oxygens (including phenoxy) is 4. The lowest BCUT2D eigenvalue weighted by Crippen LogP contribution is -2.42. The van der Waals surface area contributed by atoms with E-state index in [1.807, 2.05) is 0 Å². The van der Waals surface area contributed by atoms with Gasteiger partial charge in [-0.2, -0.15) is 0 Å². The molecule has 1 aliphatic carbocycles. The third kappa shape index (κ3) is 10.5. The fourth-order valence-corrected chi connectivity index (χ4v) is 25.3. The Labute approximate surface area is 347 Å². The molecule has 2 unspecified atom stereocenters. The molecule has 0 amide bonds. The first kappa shape index (κ1) is 42.3. The Morgan fingerprint density at radius 1 is 0.544 bits per heavy atom. The van der Waals surface area contributed by atoms with Gasteiger partial charge < -0.3 is 27.2 Å². The van der Waals surface area contributed by atoms with Gasteiger partial charge in [-0.1, -0.05) is 72.8 Å². The van der Waals surface area contributed by atoms with Crippen molar-refractivity contribution >= 4 is 33.3 Å². The second-order valence-electron chi connectivity index (χ2n) is 19.7. The summed E-state index contributed by atoms with van der Waals surface area (Å²) in [5.74, 6) is 1.93. The minimum absolute atomic E-state index is 0.190. The topological polar surface area (TPSA) is 62.0 Å². The van der Waals surface area contributed by atoms with Gasteiger partial charge in [0.05, 0.1) is 18.6 Å². The minimum Gasteiger partial charge on any atom is -0.491 e. The fraction of sp³-hybridized carbons (Fsp3) is 0.489. The molecule has 2 aliphatic heterocycles. The van der Waals surface area contributed by atoms with Gasteiger partial charge in [0.2, 0.25) is 0 Å². The average Bonchev–Trinajstić information content (AvgIpc) is 4.06. The summed E-state index contributed by atoms with van der Waals surface area (Å²) in [6.07, 6.45) is 4.36. The minimum atomic E-state index is -1.82. The van der Waals surface area contributed by atoms with E-state index < -0.39 is 38.7 Å². The van der Waals surface area contributed by atoms with Crippen LogP contribution in [0.15, 0.2) is 84.9 Å². The van der Waals surface area contributed by atoms with Crippen LogP contribution in [0.2, 0.25) is 77.6 Å². The molecule has 0 spiro atoms. The van der Waals surface area contributed by atoms with Crippen LogP contribution in [0.3, 0.4) is 0 Å². The molecular weight excluding hydrogens is 773 g/mol. The number of fused-ring (bicyclic) bond motifs is 3. The quantitative estimate of drug-likeness (QED) is 0.0575. The molecule has 2 atom stereocenters. The Morgan fingerprint density at radius 2 is 0.930 bits per heavy atom. The summed E-state index contributed by atoms with van der Waals surface area (Å²) in [4.78, 5) is 0. The van der Waals surface area contributed by atoms with Crippen LogP contribution in [-0.4, -0.2) is 71.9 Å². The molecule has 57 heavy (non-hydrogen) atoms. The van der Waals surface area contributed by atoms with Crippen molar-refractivity contribution in [3.05, 3.63) is 118 Å². The van der Waals surface area contributed by atoms with Crippen LogP contribution >= 0.6 is 0 Å². The Kier molecular flexibility index (Phi) is 12.4. The second kappa shape index (κ2) is 16.7. The Hall–Kier alpha value is -2.81. The number of rotatable bonds is 20. The van der Waals surface area contributed by atoms with Crippen LogP contribution in [-0.2, 0) is 36.0 Å². The highest BCUT2D eigenvalue weighted by atomic mass is 28.4. The van der Waals surface area contributed by atoms with Gasteiger partial charge in [0, 0.05) is 0 Å². The van der Waals surface area contributed by atoms with E-state index in [0.29, 0.717) is 13.2 Å². The van der Waals surface area contributed by atoms with Crippen molar-refractivity contribution in [1.82, 2.24) is 0 Å². The normalized spacial score (nSPS) is 18.6. The molecule has 306 valence electrons. The summed E-state index contributed by atoms with van der Waals surface area (Å²) in [5.41, 5.74) is 9.73. The maximum atomic E-state index is 6.77. The van der Waals surface area contributed by atoms with Gasteiger partial charge in [0.1, 0.15) is 36.9 Å². The average molecular weight is 839 g/mol. The molecule has 2 fully saturated rings. The van der Waals surface area contributed by atoms with Crippen molar-refractivity contribution in [3.63, 3.8) is 0 Å². The van der Waals surface area contributed by atoms with Crippen molar-refractivity contribution in [1.29, 1.82) is 0 Å². The molecule has 0 radical (unpaired) electrons. The van der Waals surface area contributed by atoms with Crippen LogP contribution in [0.1, 0.15) is 46.2 Å². The van der Waals surface area contributed by atoms with Crippen molar-refractivity contribution in [2.24, 2.45) is 0 Å². The maximum absolute atomic E-state index is 6.77. The Bertz CT molecular complexity index is 1880. The highest BCUT2D eigenvalue weighted by Gasteiger charge is 2.46. The lowest BCUT2D eigenvalue weighted by Gasteiger charge is -2.35. The molecule has 0 aromatic heterocycles. The lowest BCUT2D eigenvalue weighted by atomic mass is 9.67. The van der Waals surface area contributed by atoms with Gasteiger partial charge in [-0.25, -0.2) is 0 Å². The van der Waals surface area contributed by atoms with E-state index in [-0.39, 0.29) is 12.2 Å². The number of aryl methyl sites for hydroxylation is 2. The van der Waals surface area contributed by atoms with E-state index in [1.54, 1.807) is 0 Å². The first-order valence-corrected chi connectivity index (χ1v) is 34.3. The first-order valence-electron chi connectivity index (χ1n) is 21.3. The zero-order valence-electron chi connectivity index (χ0n) is 36.3. The number of benzene rings is 4. The maximum Gasteiger partial charge on any atom is 0.173 e. The number of hydrogen-bond acceptors (Lipinski definition) is 6. The standard InChI is InChI=1S/C47H66O6Si4/c1-54(2,3)52-56(7,8)27-15-17-35-29-37(23-25-45(35)50-33-39-31-48-39)47(43-21-13-11-19-41(43)42-20-12-14-22-44(42)47)38-24-26-46(51-34-40-32-49-40)36(30-38)18-16-28-57(9,10)53-55(4,5)6/h11-14,19-26,29-30,39-40H,15-18,27-28,31-34H2,1-10H3. The molecule has 7 rings (SSSR count). The second-order valence-corrected chi connectivity index (χ2v) is 37.8. The van der Waals surface area contributed by atoms with Gasteiger partial charge in [0.25, 0.3) is 0 Å². The van der Waals surface area contributed by atoms with Crippen molar-refractivity contribution in [2.45, 2.75) is 121 Å². The van der Waals surface area contributed by atoms with Crippen LogP contribution in [0, 0.1) is 0 Å². The SMILES string of the molecule is C[Si](C)(C)O[Si](C)(C)CCCc1cc(C2(c3ccc(OCC4CO4)c(CCC[Si](C)(C)O[Si](C)(C)C)c3)c3ccccc3-c3ccccc32)ccc1OCC1CO1. The van der Waals surface area contributed by atoms with Crippen LogP contribution in [0.25, 0.3) is 11.1 Å². The summed E-state index contributed by atoms with van der Waals surface area (Å²) < 4.78 is 37.8. The molecular formula is C47H66O6Si4. The van der Waals surface area contributed by atoms with E-state index in [2.05, 4.69) is 150 Å². The van der Waals surface area contributed by atoms with E-state index >= 15 is 0 Å². The van der Waals surface area contributed by atoms with Gasteiger partial charge >= 0.3 is 0 Å². The third-order valence-corrected chi connectivity index (χ3v) is 23.6. The molecule has 4 aromatic rings. The predicted molar refractivity (Wildman–Crippen MR) is 244 cm³/mol. The largest absolute Gasteiger partial charge is 0.491 e. The summed E-state index contributed by atoms with van der Waals surface area (Å²) in [5, 5.41) is 0.